The van der Waals surface area contributed by atoms with E-state index in [1.807, 2.05) is 37.6 Å². The maximum absolute atomic E-state index is 5.96. The maximum atomic E-state index is 5.96. The highest BCUT2D eigenvalue weighted by molar-refractivity contribution is 6.30. The Balaban J connectivity index is 1.95. The first-order valence-electron chi connectivity index (χ1n) is 5.74. The molecule has 0 saturated carbocycles. The molecular formula is C13H16ClN3O. The lowest BCUT2D eigenvalue weighted by Gasteiger charge is -2.10. The number of hydrogen-bond donors (Lipinski definition) is 1. The van der Waals surface area contributed by atoms with Crippen LogP contribution in [0.15, 0.2) is 30.6 Å². The molecule has 0 unspecified atom stereocenters. The van der Waals surface area contributed by atoms with E-state index >= 15 is 0 Å². The highest BCUT2D eigenvalue weighted by Crippen LogP contribution is 2.27. The summed E-state index contributed by atoms with van der Waals surface area (Å²) in [7, 11) is 3.56. The minimum atomic E-state index is 0.694. The summed E-state index contributed by atoms with van der Waals surface area (Å²) >= 11 is 5.96. The molecule has 18 heavy (non-hydrogen) atoms. The first-order chi connectivity index (χ1) is 8.69. The summed E-state index contributed by atoms with van der Waals surface area (Å²) in [5.41, 5.74) is 2.11. The van der Waals surface area contributed by atoms with E-state index in [1.54, 1.807) is 11.8 Å². The number of halogens is 1. The summed E-state index contributed by atoms with van der Waals surface area (Å²) in [5, 5.41) is 8.14. The summed E-state index contributed by atoms with van der Waals surface area (Å²) in [6, 6.07) is 5.53. The topological polar surface area (TPSA) is 39.1 Å². The van der Waals surface area contributed by atoms with Crippen molar-refractivity contribution >= 4 is 17.3 Å². The lowest BCUT2D eigenvalue weighted by atomic mass is 10.2. The fourth-order valence-electron chi connectivity index (χ4n) is 1.76. The third kappa shape index (κ3) is 3.17. The summed E-state index contributed by atoms with van der Waals surface area (Å²) in [6.07, 6.45) is 4.79. The first-order valence-corrected chi connectivity index (χ1v) is 6.12. The molecule has 4 nitrogen and oxygen atoms in total. The molecule has 1 N–H and O–H groups in total. The van der Waals surface area contributed by atoms with Gasteiger partial charge in [0.2, 0.25) is 0 Å². The molecule has 1 aromatic heterocycles. The molecule has 0 aliphatic carbocycles. The van der Waals surface area contributed by atoms with Gasteiger partial charge < -0.3 is 10.1 Å². The maximum Gasteiger partial charge on any atom is 0.142 e. The molecule has 2 aromatic rings. The largest absolute Gasteiger partial charge is 0.495 e. The van der Waals surface area contributed by atoms with Crippen molar-refractivity contribution < 1.29 is 4.74 Å². The summed E-state index contributed by atoms with van der Waals surface area (Å²) < 4.78 is 7.07. The first kappa shape index (κ1) is 12.8. The molecule has 0 amide bonds. The molecule has 0 aliphatic rings. The molecule has 0 spiro atoms. The molecule has 0 bridgehead atoms. The van der Waals surface area contributed by atoms with Gasteiger partial charge in [0.25, 0.3) is 0 Å². The summed E-state index contributed by atoms with van der Waals surface area (Å²) in [6.45, 7) is 0.808. The zero-order chi connectivity index (χ0) is 13.0. The van der Waals surface area contributed by atoms with Gasteiger partial charge in [-0.3, -0.25) is 4.68 Å². The Morgan fingerprint density at radius 1 is 1.44 bits per heavy atom. The second kappa shape index (κ2) is 5.78. The average molecular weight is 266 g/mol. The van der Waals surface area contributed by atoms with Crippen molar-refractivity contribution in [3.63, 3.8) is 0 Å². The predicted octanol–water partition coefficient (Wildman–Crippen LogP) is 2.74. The number of nitrogens with one attached hydrogen (secondary N) is 1. The van der Waals surface area contributed by atoms with Gasteiger partial charge in [0.15, 0.2) is 0 Å². The molecule has 0 atom stereocenters. The molecule has 5 heteroatoms. The van der Waals surface area contributed by atoms with E-state index < -0.39 is 0 Å². The molecule has 1 aromatic carbocycles. The Morgan fingerprint density at radius 2 is 2.28 bits per heavy atom. The van der Waals surface area contributed by atoms with Crippen LogP contribution < -0.4 is 10.1 Å². The van der Waals surface area contributed by atoms with Crippen LogP contribution in [0.1, 0.15) is 5.56 Å². The number of ether oxygens (including phenoxy) is 1. The Hall–Kier alpha value is -1.68. The van der Waals surface area contributed by atoms with Crippen molar-refractivity contribution in [2.24, 2.45) is 7.05 Å². The van der Waals surface area contributed by atoms with Crippen molar-refractivity contribution in [3.8, 4) is 5.75 Å². The number of methoxy groups -OCH3 is 1. The number of rotatable bonds is 5. The van der Waals surface area contributed by atoms with Gasteiger partial charge >= 0.3 is 0 Å². The van der Waals surface area contributed by atoms with Crippen LogP contribution in [0, 0.1) is 0 Å². The minimum Gasteiger partial charge on any atom is -0.495 e. The van der Waals surface area contributed by atoms with Crippen LogP contribution in [0.2, 0.25) is 5.02 Å². The fourth-order valence-corrected chi connectivity index (χ4v) is 1.93. The van der Waals surface area contributed by atoms with Gasteiger partial charge in [0.1, 0.15) is 5.75 Å². The molecule has 2 rings (SSSR count). The quantitative estimate of drug-likeness (QED) is 0.904. The zero-order valence-corrected chi connectivity index (χ0v) is 11.2. The lowest BCUT2D eigenvalue weighted by molar-refractivity contribution is 0.416. The van der Waals surface area contributed by atoms with Gasteiger partial charge in [-0.2, -0.15) is 5.10 Å². The van der Waals surface area contributed by atoms with E-state index in [2.05, 4.69) is 10.4 Å². The zero-order valence-electron chi connectivity index (χ0n) is 10.5. The number of aryl methyl sites for hydroxylation is 1. The van der Waals surface area contributed by atoms with E-state index in [9.17, 15) is 0 Å². The second-order valence-corrected chi connectivity index (χ2v) is 4.48. The summed E-state index contributed by atoms with van der Waals surface area (Å²) in [5.74, 6) is 0.797. The van der Waals surface area contributed by atoms with Gasteiger partial charge in [0, 0.05) is 24.8 Å². The van der Waals surface area contributed by atoms with Crippen LogP contribution in [-0.2, 0) is 13.5 Å². The van der Waals surface area contributed by atoms with Crippen molar-refractivity contribution in [2.45, 2.75) is 6.42 Å². The van der Waals surface area contributed by atoms with Crippen LogP contribution in [0.4, 0.5) is 5.69 Å². The Bertz CT molecular complexity index is 525. The lowest BCUT2D eigenvalue weighted by Crippen LogP contribution is -2.05. The third-order valence-electron chi connectivity index (χ3n) is 2.65. The molecule has 1 heterocycles. The van der Waals surface area contributed by atoms with E-state index in [4.69, 9.17) is 16.3 Å². The fraction of sp³-hybridized carbons (Fsp3) is 0.308. The Kier molecular flexibility index (Phi) is 4.10. The van der Waals surface area contributed by atoms with Crippen molar-refractivity contribution in [1.82, 2.24) is 9.78 Å². The predicted molar refractivity (Wildman–Crippen MR) is 73.4 cm³/mol. The van der Waals surface area contributed by atoms with Gasteiger partial charge in [-0.1, -0.05) is 11.6 Å². The normalized spacial score (nSPS) is 10.4. The van der Waals surface area contributed by atoms with E-state index in [-0.39, 0.29) is 0 Å². The molecule has 0 saturated heterocycles. The van der Waals surface area contributed by atoms with Crippen LogP contribution in [0.5, 0.6) is 5.75 Å². The molecule has 0 radical (unpaired) electrons. The van der Waals surface area contributed by atoms with Gasteiger partial charge in [0.05, 0.1) is 19.0 Å². The number of aromatic nitrogens is 2. The van der Waals surface area contributed by atoms with Crippen LogP contribution in [0.25, 0.3) is 0 Å². The number of hydrogen-bond acceptors (Lipinski definition) is 3. The van der Waals surface area contributed by atoms with E-state index in [1.165, 1.54) is 5.56 Å². The van der Waals surface area contributed by atoms with Crippen molar-refractivity contribution in [1.29, 1.82) is 0 Å². The molecule has 0 aliphatic heterocycles. The van der Waals surface area contributed by atoms with E-state index in [0.29, 0.717) is 5.02 Å². The Morgan fingerprint density at radius 3 is 2.94 bits per heavy atom. The van der Waals surface area contributed by atoms with Gasteiger partial charge in [-0.25, -0.2) is 0 Å². The highest BCUT2D eigenvalue weighted by Gasteiger charge is 2.03. The standard InChI is InChI=1S/C13H16ClN3O/c1-17-9-10(8-16-17)5-6-15-12-7-11(14)3-4-13(12)18-2/h3-4,7-9,15H,5-6H2,1-2H3. The molecule has 0 fully saturated rings. The van der Waals surface area contributed by atoms with Crippen molar-refractivity contribution in [3.05, 3.63) is 41.2 Å². The average Bonchev–Trinajstić information content (AvgIpc) is 2.75. The van der Waals surface area contributed by atoms with Crippen LogP contribution in [-0.4, -0.2) is 23.4 Å². The SMILES string of the molecule is COc1ccc(Cl)cc1NCCc1cnn(C)c1. The highest BCUT2D eigenvalue weighted by atomic mass is 35.5. The number of nitrogens with zero attached hydrogens (tertiary/aromatic N) is 2. The monoisotopic (exact) mass is 265 g/mol. The summed E-state index contributed by atoms with van der Waals surface area (Å²) in [4.78, 5) is 0. The van der Waals surface area contributed by atoms with E-state index in [0.717, 1.165) is 24.4 Å². The number of anilines is 1. The number of benzene rings is 1. The Labute approximate surface area is 112 Å². The second-order valence-electron chi connectivity index (χ2n) is 4.04. The third-order valence-corrected chi connectivity index (χ3v) is 2.88. The molecular weight excluding hydrogens is 250 g/mol. The minimum absolute atomic E-state index is 0.694. The smallest absolute Gasteiger partial charge is 0.142 e. The van der Waals surface area contributed by atoms with Crippen LogP contribution in [0.3, 0.4) is 0 Å². The van der Waals surface area contributed by atoms with Gasteiger partial charge in [-0.15, -0.1) is 0 Å². The van der Waals surface area contributed by atoms with Gasteiger partial charge in [-0.05, 0) is 30.2 Å². The van der Waals surface area contributed by atoms with Crippen LogP contribution >= 0.6 is 11.6 Å². The van der Waals surface area contributed by atoms with Crippen molar-refractivity contribution in [2.75, 3.05) is 19.0 Å². The molecule has 96 valence electrons.